The maximum Gasteiger partial charge on any atom is 0.255 e. The van der Waals surface area contributed by atoms with E-state index in [2.05, 4.69) is 36.1 Å². The number of nitrogens with one attached hydrogen (secondary N) is 3. The Morgan fingerprint density at radius 3 is 2.37 bits per heavy atom. The lowest BCUT2D eigenvalue weighted by Crippen LogP contribution is -2.15. The van der Waals surface area contributed by atoms with E-state index in [9.17, 15) is 9.59 Å². The van der Waals surface area contributed by atoms with Crippen molar-refractivity contribution in [3.8, 4) is 11.4 Å². The van der Waals surface area contributed by atoms with Crippen molar-refractivity contribution in [3.63, 3.8) is 0 Å². The number of para-hydroxylation sites is 2. The van der Waals surface area contributed by atoms with Gasteiger partial charge in [0.05, 0.1) is 16.8 Å². The fourth-order valence-corrected chi connectivity index (χ4v) is 4.03. The highest BCUT2D eigenvalue weighted by Gasteiger charge is 2.11. The fraction of sp³-hybridized carbons (Fsp3) is 0.0833. The molecule has 0 bridgehead atoms. The van der Waals surface area contributed by atoms with Crippen molar-refractivity contribution in [2.45, 2.75) is 5.16 Å². The Bertz CT molecular complexity index is 1460. The average Bonchev–Trinajstić information content (AvgIpc) is 3.49. The summed E-state index contributed by atoms with van der Waals surface area (Å²) in [4.78, 5) is 32.7. The molecule has 0 saturated carbocycles. The number of amides is 2. The Morgan fingerprint density at radius 2 is 1.66 bits per heavy atom. The van der Waals surface area contributed by atoms with Crippen molar-refractivity contribution in [3.05, 3.63) is 78.4 Å². The quantitative estimate of drug-likeness (QED) is 0.300. The van der Waals surface area contributed by atoms with Crippen LogP contribution in [0.15, 0.2) is 78.0 Å². The van der Waals surface area contributed by atoms with Gasteiger partial charge in [0.2, 0.25) is 11.1 Å². The van der Waals surface area contributed by atoms with Crippen LogP contribution in [0.1, 0.15) is 10.4 Å². The standard InChI is InChI=1S/C24H20N8O2S/c1-32-24(29-30-31-32)35-14-21(33)25-17-12-8-16(9-13-17)23(34)26-18-10-6-15(7-11-18)22-27-19-4-2-3-5-20(19)28-22/h2-13H,14H2,1H3,(H,25,33)(H,26,34)(H,27,28). The molecule has 0 radical (unpaired) electrons. The van der Waals surface area contributed by atoms with Crippen LogP contribution >= 0.6 is 11.8 Å². The van der Waals surface area contributed by atoms with Gasteiger partial charge in [-0.15, -0.1) is 5.10 Å². The SMILES string of the molecule is Cn1nnnc1SCC(=O)Nc1ccc(C(=O)Nc2ccc(-c3nc4ccccc4[nH]3)cc2)cc1. The van der Waals surface area contributed by atoms with Gasteiger partial charge < -0.3 is 15.6 Å². The highest BCUT2D eigenvalue weighted by atomic mass is 32.2. The Hall–Kier alpha value is -4.51. The van der Waals surface area contributed by atoms with E-state index in [1.807, 2.05) is 48.5 Å². The van der Waals surface area contributed by atoms with E-state index >= 15 is 0 Å². The first-order chi connectivity index (χ1) is 17.0. The zero-order chi connectivity index (χ0) is 24.2. The van der Waals surface area contributed by atoms with E-state index < -0.39 is 0 Å². The van der Waals surface area contributed by atoms with Gasteiger partial charge in [0, 0.05) is 29.5 Å². The van der Waals surface area contributed by atoms with Crippen LogP contribution in [-0.4, -0.2) is 47.7 Å². The molecule has 0 aliphatic rings. The second-order valence-electron chi connectivity index (χ2n) is 7.63. The second kappa shape index (κ2) is 9.77. The molecule has 10 nitrogen and oxygen atoms in total. The zero-order valence-electron chi connectivity index (χ0n) is 18.6. The summed E-state index contributed by atoms with van der Waals surface area (Å²) in [7, 11) is 1.71. The molecule has 0 unspecified atom stereocenters. The minimum atomic E-state index is -0.246. The number of nitrogens with zero attached hydrogens (tertiary/aromatic N) is 5. The molecule has 174 valence electrons. The minimum absolute atomic E-state index is 0.167. The molecular formula is C24H20N8O2S. The maximum absolute atomic E-state index is 12.6. The molecule has 0 aliphatic heterocycles. The van der Waals surface area contributed by atoms with Gasteiger partial charge in [-0.25, -0.2) is 9.67 Å². The third-order valence-electron chi connectivity index (χ3n) is 5.15. The van der Waals surface area contributed by atoms with Crippen LogP contribution in [0, 0.1) is 0 Å². The number of imidazole rings is 1. The van der Waals surface area contributed by atoms with Gasteiger partial charge in [-0.2, -0.15) is 0 Å². The van der Waals surface area contributed by atoms with Gasteiger partial charge in [0.25, 0.3) is 5.91 Å². The number of carbonyl (C=O) groups is 2. The van der Waals surface area contributed by atoms with Crippen LogP contribution < -0.4 is 10.6 Å². The number of fused-ring (bicyclic) bond motifs is 1. The van der Waals surface area contributed by atoms with Gasteiger partial charge in [0.15, 0.2) is 0 Å². The molecule has 5 rings (SSSR count). The second-order valence-corrected chi connectivity index (χ2v) is 8.58. The lowest BCUT2D eigenvalue weighted by Gasteiger charge is -2.08. The Labute approximate surface area is 204 Å². The maximum atomic E-state index is 12.6. The van der Waals surface area contributed by atoms with E-state index in [1.165, 1.54) is 16.4 Å². The third kappa shape index (κ3) is 5.20. The van der Waals surface area contributed by atoms with Crippen LogP contribution in [0.5, 0.6) is 0 Å². The summed E-state index contributed by atoms with van der Waals surface area (Å²) >= 11 is 1.24. The zero-order valence-corrected chi connectivity index (χ0v) is 19.4. The smallest absolute Gasteiger partial charge is 0.255 e. The lowest BCUT2D eigenvalue weighted by atomic mass is 10.1. The molecule has 0 saturated heterocycles. The number of carbonyl (C=O) groups excluding carboxylic acids is 2. The number of aromatic nitrogens is 6. The Kier molecular flexibility index (Phi) is 6.22. The molecular weight excluding hydrogens is 464 g/mol. The minimum Gasteiger partial charge on any atom is -0.338 e. The summed E-state index contributed by atoms with van der Waals surface area (Å²) in [6.45, 7) is 0. The molecule has 0 spiro atoms. The van der Waals surface area contributed by atoms with Crippen LogP contribution in [0.2, 0.25) is 0 Å². The first-order valence-corrected chi connectivity index (χ1v) is 11.7. The summed E-state index contributed by atoms with van der Waals surface area (Å²) in [5.41, 5.74) is 4.54. The average molecular weight is 485 g/mol. The number of aryl methyl sites for hydroxylation is 1. The Balaban J connectivity index is 1.16. The van der Waals surface area contributed by atoms with Crippen molar-refractivity contribution in [1.82, 2.24) is 30.2 Å². The van der Waals surface area contributed by atoms with Crippen molar-refractivity contribution < 1.29 is 9.59 Å². The van der Waals surface area contributed by atoms with Crippen LogP contribution in [-0.2, 0) is 11.8 Å². The predicted octanol–water partition coefficient (Wildman–Crippen LogP) is 3.74. The molecule has 0 aliphatic carbocycles. The molecule has 2 amide bonds. The number of thioether (sulfide) groups is 1. The first kappa shape index (κ1) is 22.3. The molecule has 2 aromatic heterocycles. The molecule has 3 aromatic carbocycles. The highest BCUT2D eigenvalue weighted by Crippen LogP contribution is 2.22. The van der Waals surface area contributed by atoms with Crippen LogP contribution in [0.4, 0.5) is 11.4 Å². The lowest BCUT2D eigenvalue weighted by molar-refractivity contribution is -0.113. The number of hydrogen-bond donors (Lipinski definition) is 3. The third-order valence-corrected chi connectivity index (χ3v) is 6.16. The molecule has 35 heavy (non-hydrogen) atoms. The van der Waals surface area contributed by atoms with Gasteiger partial charge in [-0.05, 0) is 71.1 Å². The van der Waals surface area contributed by atoms with Gasteiger partial charge in [-0.3, -0.25) is 9.59 Å². The number of tetrazole rings is 1. The molecule has 5 aromatic rings. The monoisotopic (exact) mass is 484 g/mol. The molecule has 0 fully saturated rings. The number of hydrogen-bond acceptors (Lipinski definition) is 7. The highest BCUT2D eigenvalue weighted by molar-refractivity contribution is 7.99. The van der Waals surface area contributed by atoms with E-state index in [4.69, 9.17) is 0 Å². The van der Waals surface area contributed by atoms with Gasteiger partial charge in [0.1, 0.15) is 5.82 Å². The predicted molar refractivity (Wildman–Crippen MR) is 134 cm³/mol. The van der Waals surface area contributed by atoms with E-state index in [-0.39, 0.29) is 17.6 Å². The summed E-state index contributed by atoms with van der Waals surface area (Å²) < 4.78 is 1.50. The number of benzene rings is 3. The summed E-state index contributed by atoms with van der Waals surface area (Å²) in [6, 6.07) is 22.0. The Morgan fingerprint density at radius 1 is 0.943 bits per heavy atom. The number of aromatic amines is 1. The van der Waals surface area contributed by atoms with Crippen LogP contribution in [0.25, 0.3) is 22.4 Å². The molecule has 11 heteroatoms. The van der Waals surface area contributed by atoms with Crippen LogP contribution in [0.3, 0.4) is 0 Å². The summed E-state index contributed by atoms with van der Waals surface area (Å²) in [6.07, 6.45) is 0. The summed E-state index contributed by atoms with van der Waals surface area (Å²) in [5.74, 6) is 0.498. The van der Waals surface area contributed by atoms with Crippen molar-refractivity contribution in [2.75, 3.05) is 16.4 Å². The topological polar surface area (TPSA) is 130 Å². The first-order valence-electron chi connectivity index (χ1n) is 10.7. The molecule has 3 N–H and O–H groups in total. The largest absolute Gasteiger partial charge is 0.338 e. The van der Waals surface area contributed by atoms with Crippen molar-refractivity contribution in [2.24, 2.45) is 7.05 Å². The van der Waals surface area contributed by atoms with E-state index in [1.54, 1.807) is 31.3 Å². The van der Waals surface area contributed by atoms with Gasteiger partial charge in [-0.1, -0.05) is 23.9 Å². The number of anilines is 2. The van der Waals surface area contributed by atoms with Crippen molar-refractivity contribution in [1.29, 1.82) is 0 Å². The normalized spacial score (nSPS) is 10.9. The van der Waals surface area contributed by atoms with Gasteiger partial charge >= 0.3 is 0 Å². The molecule has 0 atom stereocenters. The van der Waals surface area contributed by atoms with E-state index in [0.717, 1.165) is 22.4 Å². The number of rotatable bonds is 7. The van der Waals surface area contributed by atoms with E-state index in [0.29, 0.717) is 22.1 Å². The number of H-pyrrole nitrogens is 1. The summed E-state index contributed by atoms with van der Waals surface area (Å²) in [5, 5.41) is 17.3. The fourth-order valence-electron chi connectivity index (χ4n) is 3.38. The molecule has 2 heterocycles. The van der Waals surface area contributed by atoms with Crippen molar-refractivity contribution >= 4 is 46.0 Å².